The summed E-state index contributed by atoms with van der Waals surface area (Å²) in [4.78, 5) is 11.0. The molecule has 0 fully saturated rings. The second kappa shape index (κ2) is 6.82. The van der Waals surface area contributed by atoms with Crippen LogP contribution in [0.3, 0.4) is 0 Å². The van der Waals surface area contributed by atoms with Gasteiger partial charge in [0.2, 0.25) is 5.91 Å². The van der Waals surface area contributed by atoms with Gasteiger partial charge >= 0.3 is 29.6 Å². The average molecular weight is 246 g/mol. The molecule has 0 unspecified atom stereocenters. The molecule has 0 aromatic heterocycles. The Balaban J connectivity index is 0. The number of aliphatic hydroxyl groups excluding tert-OH is 1. The summed E-state index contributed by atoms with van der Waals surface area (Å²) in [6, 6.07) is 0. The van der Waals surface area contributed by atoms with Gasteiger partial charge in [0.15, 0.2) is 0 Å². The van der Waals surface area contributed by atoms with Crippen LogP contribution >= 0.6 is 0 Å². The molecule has 0 aromatic carbocycles. The average Bonchev–Trinajstić information content (AvgIpc) is 1.78. The number of nitrogens with one attached hydrogen (secondary N) is 1. The molecule has 0 aliphatic carbocycles. The topological polar surface area (TPSA) is 107 Å². The van der Waals surface area contributed by atoms with Crippen molar-refractivity contribution in [1.82, 2.24) is 5.32 Å². The fourth-order valence-electron chi connectivity index (χ4n) is 0.914. The minimum absolute atomic E-state index is 0. The first kappa shape index (κ1) is 17.7. The van der Waals surface area contributed by atoms with E-state index in [9.17, 15) is 17.8 Å². The van der Waals surface area contributed by atoms with Crippen molar-refractivity contribution >= 4 is 16.0 Å². The van der Waals surface area contributed by atoms with Crippen LogP contribution in [-0.2, 0) is 14.9 Å². The summed E-state index contributed by atoms with van der Waals surface area (Å²) < 4.78 is 31.1. The van der Waals surface area contributed by atoms with Crippen LogP contribution in [0.1, 0.15) is 20.3 Å². The quantitative estimate of drug-likeness (QED) is 0.379. The fraction of sp³-hybridized carbons (Fsp3) is 0.714. The third kappa shape index (κ3) is 10.6. The molecule has 0 saturated carbocycles. The second-order valence-corrected chi connectivity index (χ2v) is 4.58. The molecular formula is C7H13NNaO5S. The van der Waals surface area contributed by atoms with Gasteiger partial charge in [0, 0.05) is 6.42 Å². The Labute approximate surface area is 111 Å². The van der Waals surface area contributed by atoms with E-state index in [4.69, 9.17) is 5.11 Å². The second-order valence-electron chi connectivity index (χ2n) is 3.35. The zero-order chi connectivity index (χ0) is 11.4. The summed E-state index contributed by atoms with van der Waals surface area (Å²) in [5.41, 5.74) is -1.23. The van der Waals surface area contributed by atoms with E-state index in [1.54, 1.807) is 0 Å². The summed E-state index contributed by atoms with van der Waals surface area (Å²) in [5, 5.41) is 10.7. The van der Waals surface area contributed by atoms with Crippen LogP contribution in [0.2, 0.25) is 0 Å². The summed E-state index contributed by atoms with van der Waals surface area (Å²) in [5.74, 6) is -0.00710. The molecule has 1 radical (unpaired) electrons. The summed E-state index contributed by atoms with van der Waals surface area (Å²) in [6.07, 6.45) is -0.129. The summed E-state index contributed by atoms with van der Waals surface area (Å²) in [6.45, 7) is 2.42. The van der Waals surface area contributed by atoms with E-state index >= 15 is 0 Å². The molecular weight excluding hydrogens is 233 g/mol. The number of aliphatic hydroxyl groups is 1. The van der Waals surface area contributed by atoms with Crippen LogP contribution in [0, 0.1) is 5.75 Å². The van der Waals surface area contributed by atoms with Crippen LogP contribution in [0.5, 0.6) is 0 Å². The van der Waals surface area contributed by atoms with E-state index in [-0.39, 0.29) is 42.6 Å². The van der Waals surface area contributed by atoms with Gasteiger partial charge in [-0.3, -0.25) is 4.79 Å². The van der Waals surface area contributed by atoms with E-state index in [2.05, 4.69) is 5.32 Å². The molecule has 0 saturated heterocycles. The van der Waals surface area contributed by atoms with Crippen LogP contribution in [0.15, 0.2) is 0 Å². The molecule has 0 spiro atoms. The predicted octanol–water partition coefficient (Wildman–Crippen LogP) is -4.03. The van der Waals surface area contributed by atoms with E-state index in [1.807, 2.05) is 0 Å². The summed E-state index contributed by atoms with van der Waals surface area (Å²) >= 11 is 0. The minimum Gasteiger partial charge on any atom is -0.748 e. The Hall–Kier alpha value is 0.340. The van der Waals surface area contributed by atoms with Crippen molar-refractivity contribution in [3.8, 4) is 0 Å². The first-order valence-corrected chi connectivity index (χ1v) is 5.37. The standard InChI is InChI=1S/C7H14NO5S.Na/c1-7(2,5-14(11,12)13)8-6(10)3-4-9;/h5,9H,3-4H2,1-2H3,(H,8,10)(H,11,12,13);/q;+1/p-1. The molecule has 83 valence electrons. The van der Waals surface area contributed by atoms with Gasteiger partial charge < -0.3 is 15.0 Å². The van der Waals surface area contributed by atoms with E-state index in [0.717, 1.165) is 0 Å². The van der Waals surface area contributed by atoms with Crippen molar-refractivity contribution < 1.29 is 52.4 Å². The molecule has 6 nitrogen and oxygen atoms in total. The van der Waals surface area contributed by atoms with Gasteiger partial charge in [-0.1, -0.05) is 0 Å². The van der Waals surface area contributed by atoms with Crippen molar-refractivity contribution in [1.29, 1.82) is 0 Å². The Morgan fingerprint density at radius 3 is 2.33 bits per heavy atom. The molecule has 0 bridgehead atoms. The van der Waals surface area contributed by atoms with E-state index < -0.39 is 21.6 Å². The van der Waals surface area contributed by atoms with Gasteiger partial charge in [-0.15, -0.1) is 0 Å². The van der Waals surface area contributed by atoms with Crippen LogP contribution in [0.25, 0.3) is 0 Å². The van der Waals surface area contributed by atoms with Crippen LogP contribution in [0.4, 0.5) is 0 Å². The first-order chi connectivity index (χ1) is 6.16. The Bertz CT molecular complexity index is 301. The van der Waals surface area contributed by atoms with Gasteiger partial charge in [-0.25, -0.2) is 8.42 Å². The number of rotatable bonds is 5. The predicted molar refractivity (Wildman–Crippen MR) is 47.9 cm³/mol. The van der Waals surface area contributed by atoms with Crippen molar-refractivity contribution in [2.75, 3.05) is 6.61 Å². The van der Waals surface area contributed by atoms with Gasteiger partial charge in [-0.05, 0) is 13.8 Å². The maximum atomic E-state index is 11.0. The van der Waals surface area contributed by atoms with Crippen molar-refractivity contribution in [2.45, 2.75) is 25.8 Å². The number of hydrogen-bond acceptors (Lipinski definition) is 5. The Morgan fingerprint density at radius 1 is 1.53 bits per heavy atom. The smallest absolute Gasteiger partial charge is 0.748 e. The zero-order valence-electron chi connectivity index (χ0n) is 8.98. The van der Waals surface area contributed by atoms with Gasteiger partial charge in [0.1, 0.15) is 10.1 Å². The molecule has 2 N–H and O–H groups in total. The maximum Gasteiger partial charge on any atom is 1.00 e. The Kier molecular flexibility index (Phi) is 8.06. The zero-order valence-corrected chi connectivity index (χ0v) is 11.8. The van der Waals surface area contributed by atoms with Crippen molar-refractivity contribution in [2.24, 2.45) is 0 Å². The molecule has 0 aliphatic rings. The molecule has 0 heterocycles. The molecule has 0 aliphatic heterocycles. The third-order valence-electron chi connectivity index (χ3n) is 1.24. The summed E-state index contributed by atoms with van der Waals surface area (Å²) in [7, 11) is -4.49. The molecule has 0 rings (SSSR count). The van der Waals surface area contributed by atoms with Gasteiger partial charge in [0.05, 0.1) is 17.9 Å². The third-order valence-corrected chi connectivity index (χ3v) is 2.12. The van der Waals surface area contributed by atoms with Gasteiger partial charge in [-0.2, -0.15) is 0 Å². The first-order valence-electron chi connectivity index (χ1n) is 3.90. The number of hydrogen-bond donors (Lipinski definition) is 2. The van der Waals surface area contributed by atoms with Gasteiger partial charge in [0.25, 0.3) is 0 Å². The van der Waals surface area contributed by atoms with Crippen LogP contribution < -0.4 is 34.9 Å². The molecule has 8 heteroatoms. The SMILES string of the molecule is CC(C)([CH]S(=O)(=O)[O-])NC(=O)CCO.[Na+]. The van der Waals surface area contributed by atoms with Crippen molar-refractivity contribution in [3.63, 3.8) is 0 Å². The fourth-order valence-corrected chi connectivity index (χ4v) is 1.69. The van der Waals surface area contributed by atoms with E-state index in [1.165, 1.54) is 13.8 Å². The largest absolute Gasteiger partial charge is 1.00 e. The maximum absolute atomic E-state index is 11.0. The number of carbonyl (C=O) groups is 1. The number of amides is 1. The minimum atomic E-state index is -4.49. The molecule has 15 heavy (non-hydrogen) atoms. The Morgan fingerprint density at radius 2 is 2.00 bits per heavy atom. The molecule has 0 atom stereocenters. The van der Waals surface area contributed by atoms with Crippen molar-refractivity contribution in [3.05, 3.63) is 5.75 Å². The van der Waals surface area contributed by atoms with Crippen LogP contribution in [-0.4, -0.2) is 36.1 Å². The normalized spacial score (nSPS) is 11.7. The monoisotopic (exact) mass is 246 g/mol. The molecule has 1 amide bonds. The number of carbonyl (C=O) groups excluding carboxylic acids is 1. The van der Waals surface area contributed by atoms with E-state index in [0.29, 0.717) is 5.75 Å². The molecule has 0 aromatic rings.